The number of imide groups is 2. The summed E-state index contributed by atoms with van der Waals surface area (Å²) in [6.45, 7) is 2.01. The fraction of sp³-hybridized carbons (Fsp3) is 0.375. The average Bonchev–Trinajstić information content (AvgIpc) is 2.73. The van der Waals surface area contributed by atoms with Crippen LogP contribution >= 0.6 is 0 Å². The van der Waals surface area contributed by atoms with Gasteiger partial charge >= 0.3 is 0 Å². The minimum atomic E-state index is -0.696. The molecule has 0 fully saturated rings. The molecule has 0 saturated carbocycles. The van der Waals surface area contributed by atoms with Crippen LogP contribution in [-0.4, -0.2) is 28.5 Å². The van der Waals surface area contributed by atoms with E-state index in [0.29, 0.717) is 17.6 Å². The molecule has 2 aliphatic heterocycles. The normalized spacial score (nSPS) is 21.8. The van der Waals surface area contributed by atoms with E-state index in [2.05, 4.69) is 5.32 Å². The molecule has 0 aromatic carbocycles. The molecule has 6 nitrogen and oxygen atoms in total. The summed E-state index contributed by atoms with van der Waals surface area (Å²) in [5.41, 5.74) is 1.78. The zero-order chi connectivity index (χ0) is 15.9. The third kappa shape index (κ3) is 2.11. The van der Waals surface area contributed by atoms with Crippen molar-refractivity contribution < 1.29 is 19.2 Å². The standard InChI is InChI=1S/C16H16N2O4/c1-2-4-9-5-3-6-10-13(9)16(22)18(15(10)21)11-7-8-12(19)17-14(11)20/h5,7H,2-4,6,8H2,1H3,(H,17,19,20). The molecule has 0 aromatic heterocycles. The first-order valence-electron chi connectivity index (χ1n) is 7.40. The number of hydrogen-bond acceptors (Lipinski definition) is 4. The summed E-state index contributed by atoms with van der Waals surface area (Å²) >= 11 is 0. The Morgan fingerprint density at radius 3 is 2.59 bits per heavy atom. The van der Waals surface area contributed by atoms with Crippen LogP contribution in [0.25, 0.3) is 0 Å². The van der Waals surface area contributed by atoms with Crippen molar-refractivity contribution in [3.8, 4) is 0 Å². The van der Waals surface area contributed by atoms with Crippen LogP contribution in [0.5, 0.6) is 0 Å². The summed E-state index contributed by atoms with van der Waals surface area (Å²) < 4.78 is 0. The van der Waals surface area contributed by atoms with Crippen LogP contribution in [0.2, 0.25) is 0 Å². The molecule has 3 rings (SSSR count). The van der Waals surface area contributed by atoms with Crippen LogP contribution < -0.4 is 5.32 Å². The number of carbonyl (C=O) groups is 4. The molecule has 0 spiro atoms. The van der Waals surface area contributed by atoms with Gasteiger partial charge in [0.15, 0.2) is 0 Å². The Bertz CT molecular complexity index is 697. The van der Waals surface area contributed by atoms with E-state index >= 15 is 0 Å². The van der Waals surface area contributed by atoms with Crippen LogP contribution in [-0.2, 0) is 19.2 Å². The predicted molar refractivity (Wildman–Crippen MR) is 77.0 cm³/mol. The first-order valence-corrected chi connectivity index (χ1v) is 7.40. The monoisotopic (exact) mass is 300 g/mol. The first kappa shape index (κ1) is 14.4. The van der Waals surface area contributed by atoms with Gasteiger partial charge in [-0.3, -0.25) is 24.5 Å². The highest BCUT2D eigenvalue weighted by atomic mass is 16.2. The van der Waals surface area contributed by atoms with Crippen molar-refractivity contribution >= 4 is 23.6 Å². The van der Waals surface area contributed by atoms with Gasteiger partial charge in [-0.15, -0.1) is 0 Å². The molecule has 1 N–H and O–H groups in total. The van der Waals surface area contributed by atoms with Gasteiger partial charge in [0, 0.05) is 12.0 Å². The highest BCUT2D eigenvalue weighted by Crippen LogP contribution is 2.37. The van der Waals surface area contributed by atoms with Crippen molar-refractivity contribution in [1.29, 1.82) is 0 Å². The van der Waals surface area contributed by atoms with Crippen molar-refractivity contribution in [2.45, 2.75) is 39.0 Å². The number of allylic oxidation sites excluding steroid dienone is 1. The van der Waals surface area contributed by atoms with E-state index in [1.54, 1.807) is 0 Å². The van der Waals surface area contributed by atoms with E-state index in [1.807, 2.05) is 13.0 Å². The van der Waals surface area contributed by atoms with E-state index in [1.165, 1.54) is 6.08 Å². The quantitative estimate of drug-likeness (QED) is 0.791. The van der Waals surface area contributed by atoms with E-state index in [9.17, 15) is 19.2 Å². The number of rotatable bonds is 3. The Hall–Kier alpha value is -2.50. The largest absolute Gasteiger partial charge is 0.291 e. The molecule has 4 amide bonds. The maximum Gasteiger partial charge on any atom is 0.274 e. The van der Waals surface area contributed by atoms with Crippen LogP contribution in [0, 0.1) is 0 Å². The van der Waals surface area contributed by atoms with E-state index < -0.39 is 23.6 Å². The zero-order valence-corrected chi connectivity index (χ0v) is 12.3. The number of amides is 4. The molecule has 3 aliphatic rings. The lowest BCUT2D eigenvalue weighted by molar-refractivity contribution is -0.140. The Labute approximate surface area is 127 Å². The summed E-state index contributed by atoms with van der Waals surface area (Å²) in [6.07, 6.45) is 6.17. The van der Waals surface area contributed by atoms with Gasteiger partial charge in [-0.2, -0.15) is 0 Å². The lowest BCUT2D eigenvalue weighted by Crippen LogP contribution is -2.43. The van der Waals surface area contributed by atoms with Crippen LogP contribution in [0.1, 0.15) is 39.0 Å². The SMILES string of the molecule is CCCC1=CCCC2=C1C(=O)N(C1=CCC(=O)NC1=O)C2=O. The summed E-state index contributed by atoms with van der Waals surface area (Å²) in [5.74, 6) is -2.01. The second-order valence-corrected chi connectivity index (χ2v) is 5.49. The minimum absolute atomic E-state index is 0.0134. The second kappa shape index (κ2) is 5.36. The minimum Gasteiger partial charge on any atom is -0.291 e. The van der Waals surface area contributed by atoms with Crippen molar-refractivity contribution in [3.63, 3.8) is 0 Å². The van der Waals surface area contributed by atoms with Gasteiger partial charge in [0.1, 0.15) is 5.70 Å². The molecule has 2 heterocycles. The molecule has 114 valence electrons. The molecular weight excluding hydrogens is 284 g/mol. The third-order valence-electron chi connectivity index (χ3n) is 4.01. The van der Waals surface area contributed by atoms with Crippen LogP contribution in [0.3, 0.4) is 0 Å². The molecule has 0 bridgehead atoms. The van der Waals surface area contributed by atoms with Gasteiger partial charge < -0.3 is 0 Å². The van der Waals surface area contributed by atoms with E-state index in [4.69, 9.17) is 0 Å². The summed E-state index contributed by atoms with van der Waals surface area (Å²) in [7, 11) is 0. The van der Waals surface area contributed by atoms with Gasteiger partial charge in [-0.25, -0.2) is 4.90 Å². The van der Waals surface area contributed by atoms with Gasteiger partial charge in [0.2, 0.25) is 5.91 Å². The Morgan fingerprint density at radius 2 is 1.91 bits per heavy atom. The van der Waals surface area contributed by atoms with Crippen molar-refractivity contribution in [3.05, 3.63) is 34.6 Å². The van der Waals surface area contributed by atoms with Crippen molar-refractivity contribution in [2.24, 2.45) is 0 Å². The highest BCUT2D eigenvalue weighted by Gasteiger charge is 2.44. The molecule has 0 saturated heterocycles. The van der Waals surface area contributed by atoms with Gasteiger partial charge in [0.25, 0.3) is 17.7 Å². The topological polar surface area (TPSA) is 83.6 Å². The Balaban J connectivity index is 1.97. The third-order valence-corrected chi connectivity index (χ3v) is 4.01. The van der Waals surface area contributed by atoms with E-state index in [-0.39, 0.29) is 12.1 Å². The molecule has 6 heteroatoms. The summed E-state index contributed by atoms with van der Waals surface area (Å²) in [5, 5.41) is 2.14. The summed E-state index contributed by atoms with van der Waals surface area (Å²) in [4.78, 5) is 49.2. The number of carbonyl (C=O) groups excluding carboxylic acids is 4. The molecule has 0 unspecified atom stereocenters. The van der Waals surface area contributed by atoms with Gasteiger partial charge in [-0.05, 0) is 30.9 Å². The molecule has 0 aromatic rings. The molecular formula is C16H16N2O4. The zero-order valence-electron chi connectivity index (χ0n) is 12.3. The average molecular weight is 300 g/mol. The molecule has 22 heavy (non-hydrogen) atoms. The smallest absolute Gasteiger partial charge is 0.274 e. The highest BCUT2D eigenvalue weighted by molar-refractivity contribution is 6.26. The fourth-order valence-electron chi connectivity index (χ4n) is 3.06. The predicted octanol–water partition coefficient (Wildman–Crippen LogP) is 1.10. The molecule has 0 atom stereocenters. The maximum absolute atomic E-state index is 12.7. The fourth-order valence-corrected chi connectivity index (χ4v) is 3.06. The molecule has 0 radical (unpaired) electrons. The van der Waals surface area contributed by atoms with E-state index in [0.717, 1.165) is 29.7 Å². The Morgan fingerprint density at radius 1 is 1.14 bits per heavy atom. The first-order chi connectivity index (χ1) is 10.5. The number of hydrogen-bond donors (Lipinski definition) is 1. The van der Waals surface area contributed by atoms with Gasteiger partial charge in [0.05, 0.1) is 5.57 Å². The lowest BCUT2D eigenvalue weighted by atomic mass is 9.90. The second-order valence-electron chi connectivity index (χ2n) is 5.49. The Kier molecular flexibility index (Phi) is 3.52. The van der Waals surface area contributed by atoms with Crippen LogP contribution in [0.15, 0.2) is 34.6 Å². The van der Waals surface area contributed by atoms with Crippen molar-refractivity contribution in [1.82, 2.24) is 10.2 Å². The lowest BCUT2D eigenvalue weighted by Gasteiger charge is -2.20. The van der Waals surface area contributed by atoms with Gasteiger partial charge in [-0.1, -0.05) is 19.4 Å². The van der Waals surface area contributed by atoms with Crippen molar-refractivity contribution in [2.75, 3.05) is 0 Å². The maximum atomic E-state index is 12.7. The molecule has 1 aliphatic carbocycles. The number of nitrogens with zero attached hydrogens (tertiary/aromatic N) is 1. The van der Waals surface area contributed by atoms with Crippen LogP contribution in [0.4, 0.5) is 0 Å². The summed E-state index contributed by atoms with van der Waals surface area (Å²) in [6, 6.07) is 0. The number of nitrogens with one attached hydrogen (secondary N) is 1.